The van der Waals surface area contributed by atoms with E-state index in [1.807, 2.05) is 13.8 Å². The van der Waals surface area contributed by atoms with Gasteiger partial charge in [0, 0.05) is 12.5 Å². The van der Waals surface area contributed by atoms with E-state index in [4.69, 9.17) is 4.74 Å². The van der Waals surface area contributed by atoms with Crippen molar-refractivity contribution in [2.24, 2.45) is 0 Å². The molecule has 3 atom stereocenters. The van der Waals surface area contributed by atoms with E-state index in [1.54, 1.807) is 0 Å². The average molecular weight is 299 g/mol. The van der Waals surface area contributed by atoms with Crippen LogP contribution >= 0.6 is 0 Å². The minimum atomic E-state index is -0.791. The molecule has 0 saturated heterocycles. The highest BCUT2D eigenvalue weighted by Gasteiger charge is 2.46. The second-order valence-corrected chi connectivity index (χ2v) is 6.85. The van der Waals surface area contributed by atoms with Gasteiger partial charge in [-0.05, 0) is 40.0 Å². The van der Waals surface area contributed by atoms with Crippen molar-refractivity contribution in [1.82, 2.24) is 5.32 Å². The molecule has 124 valence electrons. The van der Waals surface area contributed by atoms with Crippen molar-refractivity contribution in [2.45, 2.75) is 103 Å². The lowest BCUT2D eigenvalue weighted by Gasteiger charge is -2.28. The van der Waals surface area contributed by atoms with E-state index in [2.05, 4.69) is 19.2 Å². The molecule has 1 aliphatic rings. The van der Waals surface area contributed by atoms with Gasteiger partial charge in [-0.3, -0.25) is 10.1 Å². The van der Waals surface area contributed by atoms with Gasteiger partial charge in [-0.25, -0.2) is 0 Å². The monoisotopic (exact) mass is 299 g/mol. The molecule has 0 amide bonds. The third kappa shape index (κ3) is 5.95. The molecule has 1 aliphatic carbocycles. The largest absolute Gasteiger partial charge is 0.480 e. The van der Waals surface area contributed by atoms with Gasteiger partial charge >= 0.3 is 5.97 Å². The molecule has 0 aromatic rings. The third-order valence-electron chi connectivity index (χ3n) is 4.33. The van der Waals surface area contributed by atoms with Crippen LogP contribution in [0.3, 0.4) is 0 Å². The first-order valence-electron chi connectivity index (χ1n) is 8.56. The van der Waals surface area contributed by atoms with E-state index >= 15 is 0 Å². The highest BCUT2D eigenvalue weighted by molar-refractivity contribution is 5.79. The Morgan fingerprint density at radius 2 is 2.05 bits per heavy atom. The molecule has 0 spiro atoms. The molecule has 21 heavy (non-hydrogen) atoms. The first kappa shape index (κ1) is 18.4. The van der Waals surface area contributed by atoms with Crippen molar-refractivity contribution in [2.75, 3.05) is 0 Å². The van der Waals surface area contributed by atoms with Crippen LogP contribution in [-0.4, -0.2) is 34.9 Å². The lowest BCUT2D eigenvalue weighted by molar-refractivity contribution is -0.145. The van der Waals surface area contributed by atoms with E-state index < -0.39 is 11.5 Å². The maximum Gasteiger partial charge on any atom is 0.324 e. The molecule has 0 aromatic heterocycles. The van der Waals surface area contributed by atoms with Crippen LogP contribution in [-0.2, 0) is 9.53 Å². The number of ether oxygens (including phenoxy) is 1. The summed E-state index contributed by atoms with van der Waals surface area (Å²) in [6.45, 7) is 8.32. The molecule has 3 unspecified atom stereocenters. The fraction of sp³-hybridized carbons (Fsp3) is 0.941. The first-order chi connectivity index (χ1) is 9.89. The summed E-state index contributed by atoms with van der Waals surface area (Å²) in [4.78, 5) is 11.6. The van der Waals surface area contributed by atoms with E-state index in [0.717, 1.165) is 12.8 Å². The molecular weight excluding hydrogens is 266 g/mol. The zero-order valence-electron chi connectivity index (χ0n) is 14.2. The minimum Gasteiger partial charge on any atom is -0.480 e. The van der Waals surface area contributed by atoms with Crippen LogP contribution in [0, 0.1) is 0 Å². The molecule has 0 radical (unpaired) electrons. The molecule has 1 rings (SSSR count). The Hall–Kier alpha value is -0.610. The van der Waals surface area contributed by atoms with Gasteiger partial charge in [-0.15, -0.1) is 0 Å². The summed E-state index contributed by atoms with van der Waals surface area (Å²) in [6, 6.07) is 0.173. The fourth-order valence-corrected chi connectivity index (χ4v) is 3.31. The van der Waals surface area contributed by atoms with Crippen molar-refractivity contribution in [3.63, 3.8) is 0 Å². The van der Waals surface area contributed by atoms with Gasteiger partial charge in [0.25, 0.3) is 0 Å². The molecule has 1 saturated carbocycles. The summed E-state index contributed by atoms with van der Waals surface area (Å²) < 4.78 is 6.08. The van der Waals surface area contributed by atoms with Crippen molar-refractivity contribution >= 4 is 5.97 Å². The van der Waals surface area contributed by atoms with Gasteiger partial charge in [0.1, 0.15) is 5.54 Å². The van der Waals surface area contributed by atoms with Crippen molar-refractivity contribution in [3.8, 4) is 0 Å². The number of hydrogen-bond donors (Lipinski definition) is 2. The summed E-state index contributed by atoms with van der Waals surface area (Å²) >= 11 is 0. The quantitative estimate of drug-likeness (QED) is 0.603. The van der Waals surface area contributed by atoms with Crippen LogP contribution in [0.5, 0.6) is 0 Å². The van der Waals surface area contributed by atoms with Crippen LogP contribution < -0.4 is 5.32 Å². The lowest BCUT2D eigenvalue weighted by atomic mass is 9.96. The van der Waals surface area contributed by atoms with Gasteiger partial charge in [-0.1, -0.05) is 32.6 Å². The number of carbonyl (C=O) groups is 1. The molecule has 4 heteroatoms. The number of aliphatic carboxylic acids is 1. The molecule has 1 fully saturated rings. The number of rotatable bonds is 10. The zero-order chi connectivity index (χ0) is 15.9. The molecular formula is C17H33NO3. The molecule has 0 heterocycles. The van der Waals surface area contributed by atoms with Gasteiger partial charge in [0.2, 0.25) is 0 Å². The molecule has 0 bridgehead atoms. The summed E-state index contributed by atoms with van der Waals surface area (Å²) in [7, 11) is 0. The first-order valence-corrected chi connectivity index (χ1v) is 8.56. The van der Waals surface area contributed by atoms with E-state index in [1.165, 1.54) is 25.7 Å². The van der Waals surface area contributed by atoms with Crippen LogP contribution in [0.1, 0.15) is 79.1 Å². The Morgan fingerprint density at radius 1 is 1.33 bits per heavy atom. The maximum absolute atomic E-state index is 11.6. The minimum absolute atomic E-state index is 0.0773. The number of nitrogens with one attached hydrogen (secondary N) is 1. The van der Waals surface area contributed by atoms with Gasteiger partial charge < -0.3 is 9.84 Å². The van der Waals surface area contributed by atoms with Gasteiger partial charge in [-0.2, -0.15) is 0 Å². The van der Waals surface area contributed by atoms with E-state index in [9.17, 15) is 9.90 Å². The number of carboxylic acids is 1. The molecule has 0 aliphatic heterocycles. The number of hydrogen-bond acceptors (Lipinski definition) is 3. The summed E-state index contributed by atoms with van der Waals surface area (Å²) in [5.41, 5.74) is -0.791. The second-order valence-electron chi connectivity index (χ2n) is 6.85. The topological polar surface area (TPSA) is 58.6 Å². The van der Waals surface area contributed by atoms with Gasteiger partial charge in [0.05, 0.1) is 12.2 Å². The Bertz CT molecular complexity index is 319. The molecule has 2 N–H and O–H groups in total. The third-order valence-corrected chi connectivity index (χ3v) is 4.33. The highest BCUT2D eigenvalue weighted by atomic mass is 16.5. The van der Waals surface area contributed by atoms with Crippen LogP contribution in [0.4, 0.5) is 0 Å². The SMILES string of the molecule is CCCCCCC(C)OC1CCC(NC(C)C)(C(=O)O)C1. The number of carboxylic acid groups (broad SMARTS) is 1. The maximum atomic E-state index is 11.6. The van der Waals surface area contributed by atoms with Crippen LogP contribution in [0.2, 0.25) is 0 Å². The standard InChI is InChI=1S/C17H33NO3/c1-5-6-7-8-9-14(4)21-15-10-11-17(12-15,16(19)20)18-13(2)3/h13-15,18H,5-12H2,1-4H3,(H,19,20). The summed E-state index contributed by atoms with van der Waals surface area (Å²) in [6.07, 6.45) is 8.48. The van der Waals surface area contributed by atoms with Crippen molar-refractivity contribution in [3.05, 3.63) is 0 Å². The van der Waals surface area contributed by atoms with Gasteiger partial charge in [0.15, 0.2) is 0 Å². The Balaban J connectivity index is 2.39. The Morgan fingerprint density at radius 3 is 2.62 bits per heavy atom. The number of unbranched alkanes of at least 4 members (excludes halogenated alkanes) is 3. The lowest BCUT2D eigenvalue weighted by Crippen LogP contribution is -2.53. The van der Waals surface area contributed by atoms with E-state index in [0.29, 0.717) is 12.8 Å². The molecule has 0 aromatic carbocycles. The molecule has 4 nitrogen and oxygen atoms in total. The zero-order valence-corrected chi connectivity index (χ0v) is 14.2. The fourth-order valence-electron chi connectivity index (χ4n) is 3.31. The van der Waals surface area contributed by atoms with Crippen molar-refractivity contribution < 1.29 is 14.6 Å². The van der Waals surface area contributed by atoms with E-state index in [-0.39, 0.29) is 18.2 Å². The highest BCUT2D eigenvalue weighted by Crippen LogP contribution is 2.33. The Labute approximate surface area is 129 Å². The normalized spacial score (nSPS) is 27.2. The smallest absolute Gasteiger partial charge is 0.324 e. The predicted molar refractivity (Wildman–Crippen MR) is 85.6 cm³/mol. The predicted octanol–water partition coefficient (Wildman–Crippen LogP) is 3.74. The second kappa shape index (κ2) is 8.74. The van der Waals surface area contributed by atoms with Crippen LogP contribution in [0.15, 0.2) is 0 Å². The summed E-state index contributed by atoms with van der Waals surface area (Å²) in [5, 5.41) is 12.8. The van der Waals surface area contributed by atoms with Crippen molar-refractivity contribution in [1.29, 1.82) is 0 Å². The Kier molecular flexibility index (Phi) is 7.67. The van der Waals surface area contributed by atoms with Crippen LogP contribution in [0.25, 0.3) is 0 Å². The average Bonchev–Trinajstić information content (AvgIpc) is 2.78. The summed E-state index contributed by atoms with van der Waals surface area (Å²) in [5.74, 6) is -0.738.